The highest BCUT2D eigenvalue weighted by molar-refractivity contribution is 7.99. The smallest absolute Gasteiger partial charge is 0.00581 e. The minimum atomic E-state index is 0.778. The molecule has 0 aromatic rings. The van der Waals surface area contributed by atoms with Crippen molar-refractivity contribution in [1.82, 2.24) is 5.32 Å². The largest absolute Gasteiger partial charge is 0.316 e. The van der Waals surface area contributed by atoms with Crippen LogP contribution in [0.4, 0.5) is 0 Å². The molecule has 0 atom stereocenters. The number of hydrogen-bond donors (Lipinski definition) is 1. The highest BCUT2D eigenvalue weighted by Gasteiger charge is 1.95. The van der Waals surface area contributed by atoms with Crippen molar-refractivity contribution in [2.75, 3.05) is 24.6 Å². The van der Waals surface area contributed by atoms with Crippen molar-refractivity contribution in [2.24, 2.45) is 11.8 Å². The van der Waals surface area contributed by atoms with Crippen molar-refractivity contribution >= 4 is 11.8 Å². The van der Waals surface area contributed by atoms with Crippen LogP contribution in [0.2, 0.25) is 0 Å². The maximum absolute atomic E-state index is 3.45. The van der Waals surface area contributed by atoms with Gasteiger partial charge in [-0.1, -0.05) is 27.7 Å². The molecule has 0 aliphatic rings. The van der Waals surface area contributed by atoms with Gasteiger partial charge < -0.3 is 5.32 Å². The van der Waals surface area contributed by atoms with Gasteiger partial charge in [-0.05, 0) is 30.6 Å². The second kappa shape index (κ2) is 8.89. The molecule has 0 aliphatic carbocycles. The molecule has 0 aromatic heterocycles. The molecule has 0 saturated carbocycles. The van der Waals surface area contributed by atoms with E-state index in [1.807, 2.05) is 0 Å². The Morgan fingerprint density at radius 2 is 1.69 bits per heavy atom. The molecule has 80 valence electrons. The van der Waals surface area contributed by atoms with E-state index in [4.69, 9.17) is 0 Å². The Labute approximate surface area is 88.1 Å². The third-order valence-electron chi connectivity index (χ3n) is 1.82. The molecule has 0 fully saturated rings. The highest BCUT2D eigenvalue weighted by atomic mass is 32.2. The molecule has 13 heavy (non-hydrogen) atoms. The molecule has 0 saturated heterocycles. The summed E-state index contributed by atoms with van der Waals surface area (Å²) in [5.74, 6) is 4.22. The SMILES string of the molecule is CC(C)CCSCCNCC(C)C. The second-order valence-electron chi connectivity index (χ2n) is 4.39. The van der Waals surface area contributed by atoms with E-state index < -0.39 is 0 Å². The van der Waals surface area contributed by atoms with E-state index in [0.29, 0.717) is 0 Å². The summed E-state index contributed by atoms with van der Waals surface area (Å²) in [5, 5.41) is 3.45. The average molecular weight is 203 g/mol. The van der Waals surface area contributed by atoms with Crippen LogP contribution in [0, 0.1) is 11.8 Å². The van der Waals surface area contributed by atoms with Gasteiger partial charge in [-0.15, -0.1) is 0 Å². The monoisotopic (exact) mass is 203 g/mol. The zero-order valence-electron chi connectivity index (χ0n) is 9.60. The van der Waals surface area contributed by atoms with Crippen molar-refractivity contribution in [2.45, 2.75) is 34.1 Å². The normalized spacial score (nSPS) is 11.5. The Balaban J connectivity index is 2.92. The molecule has 0 radical (unpaired) electrons. The van der Waals surface area contributed by atoms with E-state index in [1.165, 1.54) is 24.5 Å². The summed E-state index contributed by atoms with van der Waals surface area (Å²) in [4.78, 5) is 0. The van der Waals surface area contributed by atoms with Gasteiger partial charge in [-0.25, -0.2) is 0 Å². The summed E-state index contributed by atoms with van der Waals surface area (Å²) in [6.45, 7) is 11.4. The molecular formula is C11H25NS. The fraction of sp³-hybridized carbons (Fsp3) is 1.00. The molecule has 0 unspecified atom stereocenters. The lowest BCUT2D eigenvalue weighted by atomic mass is 10.2. The van der Waals surface area contributed by atoms with Crippen LogP contribution in [0.1, 0.15) is 34.1 Å². The first-order valence-corrected chi connectivity index (χ1v) is 6.57. The summed E-state index contributed by atoms with van der Waals surface area (Å²) in [6.07, 6.45) is 1.36. The van der Waals surface area contributed by atoms with Crippen LogP contribution >= 0.6 is 11.8 Å². The van der Waals surface area contributed by atoms with Crippen LogP contribution in [-0.4, -0.2) is 24.6 Å². The maximum atomic E-state index is 3.45. The Bertz CT molecular complexity index is 90.3. The van der Waals surface area contributed by atoms with E-state index in [0.717, 1.165) is 18.4 Å². The minimum Gasteiger partial charge on any atom is -0.316 e. The maximum Gasteiger partial charge on any atom is 0.00581 e. The zero-order valence-corrected chi connectivity index (χ0v) is 10.4. The predicted molar refractivity (Wildman–Crippen MR) is 64.5 cm³/mol. The molecule has 1 nitrogen and oxygen atoms in total. The molecule has 1 N–H and O–H groups in total. The van der Waals surface area contributed by atoms with E-state index in [1.54, 1.807) is 0 Å². The summed E-state index contributed by atoms with van der Waals surface area (Å²) in [7, 11) is 0. The van der Waals surface area contributed by atoms with Crippen LogP contribution in [0.15, 0.2) is 0 Å². The van der Waals surface area contributed by atoms with Gasteiger partial charge in [0, 0.05) is 12.3 Å². The zero-order chi connectivity index (χ0) is 10.1. The van der Waals surface area contributed by atoms with E-state index in [9.17, 15) is 0 Å². The van der Waals surface area contributed by atoms with Crippen molar-refractivity contribution in [3.8, 4) is 0 Å². The van der Waals surface area contributed by atoms with Gasteiger partial charge >= 0.3 is 0 Å². The third kappa shape index (κ3) is 12.3. The van der Waals surface area contributed by atoms with Gasteiger partial charge in [-0.3, -0.25) is 0 Å². The highest BCUT2D eigenvalue weighted by Crippen LogP contribution is 2.07. The average Bonchev–Trinajstić information content (AvgIpc) is 2.01. The fourth-order valence-electron chi connectivity index (χ4n) is 0.956. The van der Waals surface area contributed by atoms with Crippen LogP contribution in [-0.2, 0) is 0 Å². The second-order valence-corrected chi connectivity index (χ2v) is 5.62. The number of rotatable bonds is 8. The molecular weight excluding hydrogens is 178 g/mol. The Morgan fingerprint density at radius 1 is 1.00 bits per heavy atom. The summed E-state index contributed by atoms with van der Waals surface area (Å²) in [6, 6.07) is 0. The molecule has 0 heterocycles. The first-order chi connectivity index (χ1) is 6.13. The summed E-state index contributed by atoms with van der Waals surface area (Å²) >= 11 is 2.07. The first kappa shape index (κ1) is 13.3. The standard InChI is InChI=1S/C11H25NS/c1-10(2)5-7-13-8-6-12-9-11(3)4/h10-12H,5-9H2,1-4H3. The molecule has 0 aromatic carbocycles. The lowest BCUT2D eigenvalue weighted by Crippen LogP contribution is -2.22. The van der Waals surface area contributed by atoms with Gasteiger partial charge in [0.15, 0.2) is 0 Å². The van der Waals surface area contributed by atoms with Gasteiger partial charge in [0.2, 0.25) is 0 Å². The molecule has 0 bridgehead atoms. The van der Waals surface area contributed by atoms with Gasteiger partial charge in [0.25, 0.3) is 0 Å². The number of hydrogen-bond acceptors (Lipinski definition) is 2. The predicted octanol–water partition coefficient (Wildman–Crippen LogP) is 3.01. The minimum absolute atomic E-state index is 0.778. The van der Waals surface area contributed by atoms with Gasteiger partial charge in [0.05, 0.1) is 0 Å². The third-order valence-corrected chi connectivity index (χ3v) is 2.83. The molecule has 0 spiro atoms. The molecule has 0 rings (SSSR count). The van der Waals surface area contributed by atoms with Crippen LogP contribution in [0.25, 0.3) is 0 Å². The molecule has 0 amide bonds. The van der Waals surface area contributed by atoms with Crippen LogP contribution in [0.5, 0.6) is 0 Å². The van der Waals surface area contributed by atoms with Crippen LogP contribution in [0.3, 0.4) is 0 Å². The number of thioether (sulfide) groups is 1. The molecule has 2 heteroatoms. The fourth-order valence-corrected chi connectivity index (χ4v) is 2.09. The van der Waals surface area contributed by atoms with Crippen molar-refractivity contribution in [1.29, 1.82) is 0 Å². The van der Waals surface area contributed by atoms with Gasteiger partial charge in [-0.2, -0.15) is 11.8 Å². The van der Waals surface area contributed by atoms with Crippen molar-refractivity contribution in [3.05, 3.63) is 0 Å². The summed E-state index contributed by atoms with van der Waals surface area (Å²) in [5.41, 5.74) is 0. The Morgan fingerprint density at radius 3 is 2.23 bits per heavy atom. The lowest BCUT2D eigenvalue weighted by Gasteiger charge is -2.07. The number of nitrogens with one attached hydrogen (secondary N) is 1. The first-order valence-electron chi connectivity index (χ1n) is 5.41. The Hall–Kier alpha value is 0.310. The van der Waals surface area contributed by atoms with E-state index in [-0.39, 0.29) is 0 Å². The van der Waals surface area contributed by atoms with E-state index in [2.05, 4.69) is 44.8 Å². The van der Waals surface area contributed by atoms with Crippen molar-refractivity contribution < 1.29 is 0 Å². The quantitative estimate of drug-likeness (QED) is 0.609. The van der Waals surface area contributed by atoms with Crippen LogP contribution < -0.4 is 5.32 Å². The topological polar surface area (TPSA) is 12.0 Å². The Kier molecular flexibility index (Phi) is 9.10. The molecule has 0 aliphatic heterocycles. The summed E-state index contributed by atoms with van der Waals surface area (Å²) < 4.78 is 0. The van der Waals surface area contributed by atoms with Crippen molar-refractivity contribution in [3.63, 3.8) is 0 Å². The van der Waals surface area contributed by atoms with Gasteiger partial charge in [0.1, 0.15) is 0 Å². The van der Waals surface area contributed by atoms with E-state index >= 15 is 0 Å². The lowest BCUT2D eigenvalue weighted by molar-refractivity contribution is 0.568.